The molecule has 0 aromatic heterocycles. The van der Waals surface area contributed by atoms with Crippen LogP contribution in [0.15, 0.2) is 0 Å². The average molecular weight is 242 g/mol. The molecule has 0 aromatic rings. The lowest BCUT2D eigenvalue weighted by molar-refractivity contribution is -0.00676. The maximum atomic E-state index is 5.79. The molecule has 1 aliphatic heterocycles. The fraction of sp³-hybridized carbons (Fsp3) is 0.917. The van der Waals surface area contributed by atoms with Crippen molar-refractivity contribution in [1.29, 1.82) is 0 Å². The van der Waals surface area contributed by atoms with Gasteiger partial charge in [-0.1, -0.05) is 12.2 Å². The van der Waals surface area contributed by atoms with Crippen LogP contribution < -0.4 is 5.73 Å². The Morgan fingerprint density at radius 1 is 1.31 bits per heavy atom. The SMILES string of the molecule is NC(=S)CCN(CC1CCCCO1)C1CC1. The first-order chi connectivity index (χ1) is 7.75. The highest BCUT2D eigenvalue weighted by molar-refractivity contribution is 7.80. The second-order valence-electron chi connectivity index (χ2n) is 4.93. The molecule has 1 unspecified atom stereocenters. The molecule has 1 heterocycles. The van der Waals surface area contributed by atoms with Gasteiger partial charge in [-0.05, 0) is 32.1 Å². The minimum Gasteiger partial charge on any atom is -0.393 e. The third-order valence-electron chi connectivity index (χ3n) is 3.42. The van der Waals surface area contributed by atoms with Gasteiger partial charge in [-0.2, -0.15) is 0 Å². The van der Waals surface area contributed by atoms with Gasteiger partial charge in [0.15, 0.2) is 0 Å². The lowest BCUT2D eigenvalue weighted by Crippen LogP contribution is -2.38. The smallest absolute Gasteiger partial charge is 0.0740 e. The Labute approximate surface area is 103 Å². The summed E-state index contributed by atoms with van der Waals surface area (Å²) in [4.78, 5) is 3.16. The number of nitrogens with two attached hydrogens (primary N) is 1. The van der Waals surface area contributed by atoms with E-state index in [1.807, 2.05) is 0 Å². The predicted molar refractivity (Wildman–Crippen MR) is 69.6 cm³/mol. The molecule has 0 spiro atoms. The Bertz CT molecular complexity index is 237. The van der Waals surface area contributed by atoms with Crippen molar-refractivity contribution >= 4 is 17.2 Å². The highest BCUT2D eigenvalue weighted by Crippen LogP contribution is 2.28. The standard InChI is InChI=1S/C12H22N2OS/c13-12(16)6-7-14(10-4-5-10)9-11-3-1-2-8-15-11/h10-11H,1-9H2,(H2,13,16). The second kappa shape index (κ2) is 5.94. The molecule has 1 aliphatic carbocycles. The van der Waals surface area contributed by atoms with Crippen molar-refractivity contribution in [3.63, 3.8) is 0 Å². The van der Waals surface area contributed by atoms with Gasteiger partial charge in [-0.25, -0.2) is 0 Å². The number of thiocarbonyl (C=S) groups is 1. The fourth-order valence-corrected chi connectivity index (χ4v) is 2.42. The van der Waals surface area contributed by atoms with Crippen molar-refractivity contribution in [3.05, 3.63) is 0 Å². The Kier molecular flexibility index (Phi) is 4.55. The number of hydrogen-bond donors (Lipinski definition) is 1. The minimum absolute atomic E-state index is 0.445. The van der Waals surface area contributed by atoms with Crippen molar-refractivity contribution in [1.82, 2.24) is 4.90 Å². The normalized spacial score (nSPS) is 25.9. The first-order valence-corrected chi connectivity index (χ1v) is 6.80. The molecule has 1 saturated heterocycles. The molecule has 0 aromatic carbocycles. The summed E-state index contributed by atoms with van der Waals surface area (Å²) in [6.07, 6.45) is 7.73. The van der Waals surface area contributed by atoms with Crippen LogP contribution in [0.4, 0.5) is 0 Å². The van der Waals surface area contributed by atoms with E-state index in [1.165, 1.54) is 32.1 Å². The zero-order chi connectivity index (χ0) is 11.4. The van der Waals surface area contributed by atoms with Gasteiger partial charge in [-0.15, -0.1) is 0 Å². The number of rotatable bonds is 6. The largest absolute Gasteiger partial charge is 0.393 e. The van der Waals surface area contributed by atoms with E-state index in [0.29, 0.717) is 11.1 Å². The second-order valence-corrected chi connectivity index (χ2v) is 5.46. The maximum Gasteiger partial charge on any atom is 0.0740 e. The van der Waals surface area contributed by atoms with Crippen molar-refractivity contribution in [2.75, 3.05) is 19.7 Å². The van der Waals surface area contributed by atoms with Crippen LogP contribution in [0.5, 0.6) is 0 Å². The van der Waals surface area contributed by atoms with Crippen molar-refractivity contribution in [2.45, 2.75) is 50.7 Å². The molecule has 2 fully saturated rings. The van der Waals surface area contributed by atoms with Crippen LogP contribution >= 0.6 is 12.2 Å². The molecule has 92 valence electrons. The minimum atomic E-state index is 0.445. The Hall–Kier alpha value is -0.190. The third kappa shape index (κ3) is 4.00. The molecule has 4 heteroatoms. The van der Waals surface area contributed by atoms with Crippen LogP contribution in [0.2, 0.25) is 0 Å². The average Bonchev–Trinajstić information content (AvgIpc) is 3.09. The van der Waals surface area contributed by atoms with Gasteiger partial charge in [0, 0.05) is 32.2 Å². The topological polar surface area (TPSA) is 38.5 Å². The Morgan fingerprint density at radius 2 is 2.12 bits per heavy atom. The van der Waals surface area contributed by atoms with E-state index in [4.69, 9.17) is 22.7 Å². The van der Waals surface area contributed by atoms with Crippen molar-refractivity contribution in [3.8, 4) is 0 Å². The fourth-order valence-electron chi connectivity index (χ4n) is 2.33. The quantitative estimate of drug-likeness (QED) is 0.720. The van der Waals surface area contributed by atoms with Crippen LogP contribution in [0.1, 0.15) is 38.5 Å². The highest BCUT2D eigenvalue weighted by atomic mass is 32.1. The summed E-state index contributed by atoms with van der Waals surface area (Å²) >= 11 is 4.95. The molecule has 1 atom stereocenters. The van der Waals surface area contributed by atoms with Gasteiger partial charge >= 0.3 is 0 Å². The number of ether oxygens (including phenoxy) is 1. The van der Waals surface area contributed by atoms with Gasteiger partial charge in [0.1, 0.15) is 0 Å². The summed E-state index contributed by atoms with van der Waals surface area (Å²) in [5, 5.41) is 0. The molecule has 2 N–H and O–H groups in total. The summed E-state index contributed by atoms with van der Waals surface area (Å²) in [6.45, 7) is 3.03. The lowest BCUT2D eigenvalue weighted by Gasteiger charge is -2.29. The highest BCUT2D eigenvalue weighted by Gasteiger charge is 2.30. The van der Waals surface area contributed by atoms with Crippen LogP contribution in [-0.4, -0.2) is 41.7 Å². The number of hydrogen-bond acceptors (Lipinski definition) is 3. The molecular formula is C12H22N2OS. The summed E-state index contributed by atoms with van der Waals surface area (Å²) in [7, 11) is 0. The summed E-state index contributed by atoms with van der Waals surface area (Å²) in [5.74, 6) is 0. The summed E-state index contributed by atoms with van der Waals surface area (Å²) < 4.78 is 5.79. The predicted octanol–water partition coefficient (Wildman–Crippen LogP) is 1.70. The van der Waals surface area contributed by atoms with Gasteiger partial charge in [0.05, 0.1) is 11.1 Å². The van der Waals surface area contributed by atoms with Crippen LogP contribution in [0.3, 0.4) is 0 Å². The molecule has 0 radical (unpaired) electrons. The van der Waals surface area contributed by atoms with Crippen LogP contribution in [0.25, 0.3) is 0 Å². The van der Waals surface area contributed by atoms with E-state index in [2.05, 4.69) is 4.90 Å². The molecule has 3 nitrogen and oxygen atoms in total. The summed E-state index contributed by atoms with van der Waals surface area (Å²) in [6, 6.07) is 0.778. The van der Waals surface area contributed by atoms with Crippen molar-refractivity contribution < 1.29 is 4.74 Å². The number of nitrogens with zero attached hydrogens (tertiary/aromatic N) is 1. The maximum absolute atomic E-state index is 5.79. The molecule has 2 rings (SSSR count). The zero-order valence-corrected chi connectivity index (χ0v) is 10.7. The van der Waals surface area contributed by atoms with Crippen molar-refractivity contribution in [2.24, 2.45) is 5.73 Å². The van der Waals surface area contributed by atoms with E-state index >= 15 is 0 Å². The zero-order valence-electron chi connectivity index (χ0n) is 9.86. The van der Waals surface area contributed by atoms with Crippen LogP contribution in [0, 0.1) is 0 Å². The van der Waals surface area contributed by atoms with Gasteiger partial charge in [0.2, 0.25) is 0 Å². The van der Waals surface area contributed by atoms with Gasteiger partial charge in [0.25, 0.3) is 0 Å². The Balaban J connectivity index is 1.75. The third-order valence-corrected chi connectivity index (χ3v) is 3.62. The van der Waals surface area contributed by atoms with E-state index in [0.717, 1.165) is 32.2 Å². The van der Waals surface area contributed by atoms with Gasteiger partial charge in [-0.3, -0.25) is 4.90 Å². The molecule has 16 heavy (non-hydrogen) atoms. The first kappa shape index (κ1) is 12.3. The van der Waals surface area contributed by atoms with Gasteiger partial charge < -0.3 is 10.5 Å². The lowest BCUT2D eigenvalue weighted by atomic mass is 10.1. The molecule has 1 saturated carbocycles. The van der Waals surface area contributed by atoms with E-state index < -0.39 is 0 Å². The first-order valence-electron chi connectivity index (χ1n) is 6.39. The molecule has 2 aliphatic rings. The molecule has 0 bridgehead atoms. The molecular weight excluding hydrogens is 220 g/mol. The Morgan fingerprint density at radius 3 is 2.69 bits per heavy atom. The summed E-state index contributed by atoms with van der Waals surface area (Å²) in [5.41, 5.74) is 5.57. The monoisotopic (exact) mass is 242 g/mol. The van der Waals surface area contributed by atoms with E-state index in [-0.39, 0.29) is 0 Å². The van der Waals surface area contributed by atoms with Crippen LogP contribution in [-0.2, 0) is 4.74 Å². The molecule has 0 amide bonds. The van der Waals surface area contributed by atoms with E-state index in [9.17, 15) is 0 Å². The van der Waals surface area contributed by atoms with E-state index in [1.54, 1.807) is 0 Å².